The molecule has 0 radical (unpaired) electrons. The van der Waals surface area contributed by atoms with E-state index in [4.69, 9.17) is 9.31 Å². The van der Waals surface area contributed by atoms with E-state index in [0.29, 0.717) is 5.92 Å². The summed E-state index contributed by atoms with van der Waals surface area (Å²) in [6.07, 6.45) is 1.22. The van der Waals surface area contributed by atoms with Crippen molar-refractivity contribution in [3.05, 3.63) is 29.8 Å². The molecule has 1 aromatic carbocycles. The molecule has 2 aliphatic heterocycles. The molecule has 1 atom stereocenters. The van der Waals surface area contributed by atoms with Crippen LogP contribution in [0.2, 0.25) is 0 Å². The minimum atomic E-state index is -0.275. The monoisotopic (exact) mass is 273 g/mol. The first-order valence-electron chi connectivity index (χ1n) is 7.55. The molecule has 2 aliphatic rings. The van der Waals surface area contributed by atoms with E-state index in [1.54, 1.807) is 0 Å². The minimum absolute atomic E-state index is 0.255. The quantitative estimate of drug-likeness (QED) is 0.837. The van der Waals surface area contributed by atoms with Gasteiger partial charge in [-0.1, -0.05) is 24.3 Å². The molecule has 2 saturated heterocycles. The fourth-order valence-corrected chi connectivity index (χ4v) is 2.88. The molecule has 1 aromatic rings. The molecule has 20 heavy (non-hydrogen) atoms. The van der Waals surface area contributed by atoms with Crippen molar-refractivity contribution in [2.75, 3.05) is 13.1 Å². The maximum atomic E-state index is 6.13. The van der Waals surface area contributed by atoms with E-state index >= 15 is 0 Å². The number of hydrogen-bond donors (Lipinski definition) is 1. The van der Waals surface area contributed by atoms with Crippen LogP contribution in [-0.4, -0.2) is 31.4 Å². The summed E-state index contributed by atoms with van der Waals surface area (Å²) in [6.45, 7) is 10.6. The average Bonchev–Trinajstić information content (AvgIpc) is 2.97. The van der Waals surface area contributed by atoms with Crippen LogP contribution in [0.3, 0.4) is 0 Å². The third-order valence-electron chi connectivity index (χ3n) is 4.97. The summed E-state index contributed by atoms with van der Waals surface area (Å²) in [5.74, 6) is 0.623. The first-order valence-corrected chi connectivity index (χ1v) is 7.55. The Bertz CT molecular complexity index is 479. The summed E-state index contributed by atoms with van der Waals surface area (Å²) < 4.78 is 12.3. The third kappa shape index (κ3) is 2.41. The Morgan fingerprint density at radius 3 is 2.45 bits per heavy atom. The van der Waals surface area contributed by atoms with Crippen LogP contribution in [-0.2, 0) is 9.31 Å². The maximum Gasteiger partial charge on any atom is 0.494 e. The van der Waals surface area contributed by atoms with Gasteiger partial charge in [0.2, 0.25) is 0 Å². The first-order chi connectivity index (χ1) is 9.39. The van der Waals surface area contributed by atoms with Gasteiger partial charge < -0.3 is 14.6 Å². The van der Waals surface area contributed by atoms with Gasteiger partial charge in [-0.15, -0.1) is 0 Å². The molecule has 108 valence electrons. The van der Waals surface area contributed by atoms with Gasteiger partial charge in [0.25, 0.3) is 0 Å². The van der Waals surface area contributed by atoms with E-state index in [0.717, 1.165) is 18.6 Å². The van der Waals surface area contributed by atoms with Crippen molar-refractivity contribution in [1.29, 1.82) is 0 Å². The van der Waals surface area contributed by atoms with Crippen molar-refractivity contribution in [3.63, 3.8) is 0 Å². The highest BCUT2D eigenvalue weighted by Gasteiger charge is 2.51. The molecule has 0 amide bonds. The zero-order valence-corrected chi connectivity index (χ0v) is 12.9. The van der Waals surface area contributed by atoms with Crippen LogP contribution < -0.4 is 10.8 Å². The van der Waals surface area contributed by atoms with Gasteiger partial charge >= 0.3 is 7.12 Å². The molecule has 0 aliphatic carbocycles. The lowest BCUT2D eigenvalue weighted by molar-refractivity contribution is 0.00578. The lowest BCUT2D eigenvalue weighted by Crippen LogP contribution is -2.41. The molecule has 0 saturated carbocycles. The van der Waals surface area contributed by atoms with E-state index in [9.17, 15) is 0 Å². The zero-order chi connectivity index (χ0) is 14.4. The van der Waals surface area contributed by atoms with Crippen LogP contribution in [0.4, 0.5) is 0 Å². The lowest BCUT2D eigenvalue weighted by atomic mass is 9.77. The smallest absolute Gasteiger partial charge is 0.399 e. The molecule has 3 rings (SSSR count). The molecule has 0 spiro atoms. The predicted molar refractivity (Wildman–Crippen MR) is 82.4 cm³/mol. The van der Waals surface area contributed by atoms with Crippen molar-refractivity contribution in [2.45, 2.75) is 51.2 Å². The highest BCUT2D eigenvalue weighted by atomic mass is 16.7. The lowest BCUT2D eigenvalue weighted by Gasteiger charge is -2.32. The van der Waals surface area contributed by atoms with Gasteiger partial charge in [-0.05, 0) is 57.6 Å². The second kappa shape index (κ2) is 4.87. The second-order valence-electron chi connectivity index (χ2n) is 6.95. The fraction of sp³-hybridized carbons (Fsp3) is 0.625. The van der Waals surface area contributed by atoms with Gasteiger partial charge in [0.15, 0.2) is 0 Å². The van der Waals surface area contributed by atoms with Gasteiger partial charge in [-0.3, -0.25) is 0 Å². The van der Waals surface area contributed by atoms with Crippen molar-refractivity contribution in [2.24, 2.45) is 0 Å². The van der Waals surface area contributed by atoms with Gasteiger partial charge in [0.05, 0.1) is 11.2 Å². The van der Waals surface area contributed by atoms with E-state index in [1.807, 2.05) is 0 Å². The Labute approximate surface area is 122 Å². The number of benzene rings is 1. The molecule has 4 heteroatoms. The SMILES string of the molecule is CC1(C)OB(c2cccc(C3CCNC3)c2)OC1(C)C. The van der Waals surface area contributed by atoms with E-state index in [2.05, 4.69) is 57.3 Å². The van der Waals surface area contributed by atoms with Crippen LogP contribution in [0, 0.1) is 0 Å². The molecule has 2 fully saturated rings. The summed E-state index contributed by atoms with van der Waals surface area (Å²) in [5, 5.41) is 3.42. The summed E-state index contributed by atoms with van der Waals surface area (Å²) in [4.78, 5) is 0. The van der Waals surface area contributed by atoms with Gasteiger partial charge in [0, 0.05) is 6.54 Å². The maximum absolute atomic E-state index is 6.13. The summed E-state index contributed by atoms with van der Waals surface area (Å²) >= 11 is 0. The molecule has 2 heterocycles. The zero-order valence-electron chi connectivity index (χ0n) is 12.9. The van der Waals surface area contributed by atoms with E-state index in [-0.39, 0.29) is 18.3 Å². The highest BCUT2D eigenvalue weighted by molar-refractivity contribution is 6.62. The second-order valence-corrected chi connectivity index (χ2v) is 6.95. The highest BCUT2D eigenvalue weighted by Crippen LogP contribution is 2.36. The Morgan fingerprint density at radius 2 is 1.85 bits per heavy atom. The molecular weight excluding hydrogens is 249 g/mol. The standard InChI is InChI=1S/C16H24BNO2/c1-15(2)16(3,4)20-17(19-15)14-7-5-6-12(10-14)13-8-9-18-11-13/h5-7,10,13,18H,8-9,11H2,1-4H3. The van der Waals surface area contributed by atoms with Gasteiger partial charge in [-0.2, -0.15) is 0 Å². The fourth-order valence-electron chi connectivity index (χ4n) is 2.88. The van der Waals surface area contributed by atoms with Crippen molar-refractivity contribution >= 4 is 12.6 Å². The summed E-state index contributed by atoms with van der Waals surface area (Å²) in [5.41, 5.74) is 1.97. The van der Waals surface area contributed by atoms with Gasteiger partial charge in [0.1, 0.15) is 0 Å². The van der Waals surface area contributed by atoms with Crippen molar-refractivity contribution < 1.29 is 9.31 Å². The third-order valence-corrected chi connectivity index (χ3v) is 4.97. The molecule has 0 bridgehead atoms. The average molecular weight is 273 g/mol. The molecular formula is C16H24BNO2. The molecule has 3 nitrogen and oxygen atoms in total. The summed E-state index contributed by atoms with van der Waals surface area (Å²) in [6, 6.07) is 8.69. The van der Waals surface area contributed by atoms with Gasteiger partial charge in [-0.25, -0.2) is 0 Å². The predicted octanol–water partition coefficient (Wildman–Crippen LogP) is 2.06. The summed E-state index contributed by atoms with van der Waals surface area (Å²) in [7, 11) is -0.255. The topological polar surface area (TPSA) is 30.5 Å². The largest absolute Gasteiger partial charge is 0.494 e. The Kier molecular flexibility index (Phi) is 3.43. The first kappa shape index (κ1) is 14.1. The van der Waals surface area contributed by atoms with Crippen molar-refractivity contribution in [1.82, 2.24) is 5.32 Å². The van der Waals surface area contributed by atoms with Crippen LogP contribution in [0.15, 0.2) is 24.3 Å². The normalized spacial score (nSPS) is 28.0. The number of rotatable bonds is 2. The molecule has 1 unspecified atom stereocenters. The number of hydrogen-bond acceptors (Lipinski definition) is 3. The minimum Gasteiger partial charge on any atom is -0.399 e. The van der Waals surface area contributed by atoms with Crippen molar-refractivity contribution in [3.8, 4) is 0 Å². The van der Waals surface area contributed by atoms with E-state index < -0.39 is 0 Å². The van der Waals surface area contributed by atoms with Crippen LogP contribution in [0.25, 0.3) is 0 Å². The Hall–Kier alpha value is -0.835. The molecule has 1 N–H and O–H groups in total. The Morgan fingerprint density at radius 1 is 1.15 bits per heavy atom. The van der Waals surface area contributed by atoms with Crippen LogP contribution in [0.5, 0.6) is 0 Å². The van der Waals surface area contributed by atoms with Crippen LogP contribution in [0.1, 0.15) is 45.6 Å². The Balaban J connectivity index is 1.83. The number of nitrogens with one attached hydrogen (secondary N) is 1. The van der Waals surface area contributed by atoms with E-state index in [1.165, 1.54) is 12.0 Å². The molecule has 0 aromatic heterocycles. The van der Waals surface area contributed by atoms with Crippen LogP contribution >= 0.6 is 0 Å².